The van der Waals surface area contributed by atoms with Crippen molar-refractivity contribution in [1.29, 1.82) is 0 Å². The van der Waals surface area contributed by atoms with Gasteiger partial charge in [-0.05, 0) is 42.8 Å². The van der Waals surface area contributed by atoms with E-state index >= 15 is 0 Å². The van der Waals surface area contributed by atoms with E-state index in [-0.39, 0.29) is 5.91 Å². The van der Waals surface area contributed by atoms with Crippen molar-refractivity contribution in [3.05, 3.63) is 59.1 Å². The van der Waals surface area contributed by atoms with E-state index in [4.69, 9.17) is 22.3 Å². The molecule has 0 bridgehead atoms. The molecule has 3 N–H and O–H groups in total. The Morgan fingerprint density at radius 2 is 1.79 bits per heavy atom. The standard InChI is InChI=1S/C21H20ClN5O/c1-2-3-12-27-19(26-21(28)13-8-10-14(22)11-9-13)17(23)18-20(27)25-16-7-5-4-6-15(16)24-18/h4-11H,2-3,12,23H2,1H3,(H,26,28). The molecule has 0 atom stereocenters. The number of halogens is 1. The van der Waals surface area contributed by atoms with Crippen LogP contribution in [0.25, 0.3) is 22.2 Å². The second-order valence-electron chi connectivity index (χ2n) is 6.61. The number of para-hydroxylation sites is 2. The van der Waals surface area contributed by atoms with Crippen molar-refractivity contribution >= 4 is 51.2 Å². The molecule has 0 saturated carbocycles. The molecule has 0 saturated heterocycles. The number of aryl methyl sites for hydroxylation is 1. The normalized spacial score (nSPS) is 11.2. The van der Waals surface area contributed by atoms with Crippen LogP contribution >= 0.6 is 11.6 Å². The van der Waals surface area contributed by atoms with Crippen molar-refractivity contribution in [2.24, 2.45) is 0 Å². The highest BCUT2D eigenvalue weighted by molar-refractivity contribution is 6.30. The SMILES string of the molecule is CCCCn1c(NC(=O)c2ccc(Cl)cc2)c(N)c2nc3ccccc3nc21. The number of nitrogen functional groups attached to an aromatic ring is 1. The third-order valence-electron chi connectivity index (χ3n) is 4.66. The van der Waals surface area contributed by atoms with Crippen molar-refractivity contribution < 1.29 is 4.79 Å². The van der Waals surface area contributed by atoms with Gasteiger partial charge in [-0.25, -0.2) is 9.97 Å². The third kappa shape index (κ3) is 3.27. The number of anilines is 2. The molecule has 2 aromatic heterocycles. The van der Waals surface area contributed by atoms with Gasteiger partial charge >= 0.3 is 0 Å². The maximum atomic E-state index is 12.8. The second-order valence-corrected chi connectivity index (χ2v) is 7.05. The van der Waals surface area contributed by atoms with E-state index in [1.165, 1.54) is 0 Å². The van der Waals surface area contributed by atoms with Crippen LogP contribution in [0.5, 0.6) is 0 Å². The molecule has 6 nitrogen and oxygen atoms in total. The molecule has 0 unspecified atom stereocenters. The van der Waals surface area contributed by atoms with Gasteiger partial charge in [0.1, 0.15) is 17.0 Å². The number of nitrogens with one attached hydrogen (secondary N) is 1. The number of hydrogen-bond acceptors (Lipinski definition) is 4. The van der Waals surface area contributed by atoms with Crippen molar-refractivity contribution in [2.75, 3.05) is 11.1 Å². The molecular formula is C21H20ClN5O. The van der Waals surface area contributed by atoms with E-state index in [1.807, 2.05) is 28.8 Å². The number of aromatic nitrogens is 3. The Hall–Kier alpha value is -3.12. The fraction of sp³-hybridized carbons (Fsp3) is 0.190. The Balaban J connectivity index is 1.83. The minimum absolute atomic E-state index is 0.256. The predicted molar refractivity (Wildman–Crippen MR) is 114 cm³/mol. The number of carbonyl (C=O) groups excluding carboxylic acids is 1. The van der Waals surface area contributed by atoms with Crippen LogP contribution in [0.2, 0.25) is 5.02 Å². The number of benzene rings is 2. The van der Waals surface area contributed by atoms with Gasteiger partial charge in [0, 0.05) is 17.1 Å². The molecule has 2 aromatic carbocycles. The van der Waals surface area contributed by atoms with Gasteiger partial charge in [-0.3, -0.25) is 4.79 Å². The minimum Gasteiger partial charge on any atom is -0.394 e. The highest BCUT2D eigenvalue weighted by Crippen LogP contribution is 2.32. The van der Waals surface area contributed by atoms with E-state index in [2.05, 4.69) is 17.2 Å². The Kier molecular flexibility index (Phi) is 4.88. The van der Waals surface area contributed by atoms with E-state index in [0.29, 0.717) is 39.8 Å². The lowest BCUT2D eigenvalue weighted by molar-refractivity contribution is 0.102. The summed E-state index contributed by atoms with van der Waals surface area (Å²) >= 11 is 5.92. The summed E-state index contributed by atoms with van der Waals surface area (Å²) in [7, 11) is 0. The monoisotopic (exact) mass is 393 g/mol. The first-order valence-corrected chi connectivity index (χ1v) is 9.57. The maximum absolute atomic E-state index is 12.8. The summed E-state index contributed by atoms with van der Waals surface area (Å²) in [4.78, 5) is 22.2. The molecule has 2 heterocycles. The Bertz CT molecular complexity index is 1170. The summed E-state index contributed by atoms with van der Waals surface area (Å²) in [5.74, 6) is 0.271. The topological polar surface area (TPSA) is 85.8 Å². The molecular weight excluding hydrogens is 374 g/mol. The van der Waals surface area contributed by atoms with Gasteiger partial charge in [-0.1, -0.05) is 37.1 Å². The Morgan fingerprint density at radius 1 is 1.11 bits per heavy atom. The zero-order chi connectivity index (χ0) is 19.7. The number of unbranched alkanes of at least 4 members (excludes halogenated alkanes) is 1. The van der Waals surface area contributed by atoms with Crippen LogP contribution in [0.3, 0.4) is 0 Å². The number of hydrogen-bond donors (Lipinski definition) is 2. The molecule has 0 radical (unpaired) electrons. The molecule has 1 amide bonds. The first kappa shape index (κ1) is 18.3. The highest BCUT2D eigenvalue weighted by atomic mass is 35.5. The molecule has 4 rings (SSSR count). The predicted octanol–water partition coefficient (Wildman–Crippen LogP) is 4.87. The maximum Gasteiger partial charge on any atom is 0.256 e. The second kappa shape index (κ2) is 7.48. The minimum atomic E-state index is -0.256. The lowest BCUT2D eigenvalue weighted by Gasteiger charge is -2.11. The van der Waals surface area contributed by atoms with Gasteiger partial charge in [-0.2, -0.15) is 0 Å². The van der Waals surface area contributed by atoms with Crippen LogP contribution < -0.4 is 11.1 Å². The van der Waals surface area contributed by atoms with Crippen LogP contribution in [0.4, 0.5) is 11.5 Å². The Labute approximate surface area is 167 Å². The number of carbonyl (C=O) groups is 1. The van der Waals surface area contributed by atoms with Crippen molar-refractivity contribution in [3.8, 4) is 0 Å². The number of fused-ring (bicyclic) bond motifs is 2. The molecule has 7 heteroatoms. The lowest BCUT2D eigenvalue weighted by Crippen LogP contribution is -2.16. The summed E-state index contributed by atoms with van der Waals surface area (Å²) in [6.07, 6.45) is 1.94. The summed E-state index contributed by atoms with van der Waals surface area (Å²) in [6.45, 7) is 2.80. The third-order valence-corrected chi connectivity index (χ3v) is 4.91. The summed E-state index contributed by atoms with van der Waals surface area (Å²) in [6, 6.07) is 14.4. The van der Waals surface area contributed by atoms with Gasteiger partial charge < -0.3 is 15.6 Å². The van der Waals surface area contributed by atoms with Crippen LogP contribution in [0.15, 0.2) is 48.5 Å². The molecule has 142 valence electrons. The first-order valence-electron chi connectivity index (χ1n) is 9.20. The molecule has 0 fully saturated rings. The molecule has 0 aliphatic rings. The fourth-order valence-corrected chi connectivity index (χ4v) is 3.30. The molecule has 0 aliphatic heterocycles. The van der Waals surface area contributed by atoms with Crippen LogP contribution in [0, 0.1) is 0 Å². The molecule has 0 aliphatic carbocycles. The highest BCUT2D eigenvalue weighted by Gasteiger charge is 2.20. The average molecular weight is 394 g/mol. The van der Waals surface area contributed by atoms with E-state index in [1.54, 1.807) is 24.3 Å². The van der Waals surface area contributed by atoms with Crippen molar-refractivity contribution in [1.82, 2.24) is 14.5 Å². The smallest absolute Gasteiger partial charge is 0.256 e. The number of nitrogens with two attached hydrogens (primary N) is 1. The number of nitrogens with zero attached hydrogens (tertiary/aromatic N) is 3. The van der Waals surface area contributed by atoms with Crippen LogP contribution in [-0.2, 0) is 6.54 Å². The number of rotatable bonds is 5. The summed E-state index contributed by atoms with van der Waals surface area (Å²) in [5.41, 5.74) is 10.2. The largest absolute Gasteiger partial charge is 0.394 e. The van der Waals surface area contributed by atoms with E-state index in [0.717, 1.165) is 23.9 Å². The summed E-state index contributed by atoms with van der Waals surface area (Å²) < 4.78 is 1.95. The Morgan fingerprint density at radius 3 is 2.46 bits per heavy atom. The van der Waals surface area contributed by atoms with Crippen molar-refractivity contribution in [3.63, 3.8) is 0 Å². The molecule has 28 heavy (non-hydrogen) atoms. The first-order chi connectivity index (χ1) is 13.6. The summed E-state index contributed by atoms with van der Waals surface area (Å²) in [5, 5.41) is 3.52. The van der Waals surface area contributed by atoms with Gasteiger partial charge in [0.2, 0.25) is 0 Å². The number of amides is 1. The zero-order valence-corrected chi connectivity index (χ0v) is 16.2. The fourth-order valence-electron chi connectivity index (χ4n) is 3.17. The van der Waals surface area contributed by atoms with E-state index < -0.39 is 0 Å². The van der Waals surface area contributed by atoms with Gasteiger partial charge in [-0.15, -0.1) is 0 Å². The van der Waals surface area contributed by atoms with Gasteiger partial charge in [0.05, 0.1) is 11.0 Å². The average Bonchev–Trinajstić information content (AvgIpc) is 2.96. The van der Waals surface area contributed by atoms with Gasteiger partial charge in [0.15, 0.2) is 5.65 Å². The quantitative estimate of drug-likeness (QED) is 0.506. The molecule has 0 spiro atoms. The van der Waals surface area contributed by atoms with Crippen molar-refractivity contribution in [2.45, 2.75) is 26.3 Å². The lowest BCUT2D eigenvalue weighted by atomic mass is 10.2. The van der Waals surface area contributed by atoms with Crippen LogP contribution in [-0.4, -0.2) is 20.4 Å². The molecule has 4 aromatic rings. The van der Waals surface area contributed by atoms with Crippen LogP contribution in [0.1, 0.15) is 30.1 Å². The van der Waals surface area contributed by atoms with E-state index in [9.17, 15) is 4.79 Å². The van der Waals surface area contributed by atoms with Gasteiger partial charge in [0.25, 0.3) is 5.91 Å². The zero-order valence-electron chi connectivity index (χ0n) is 15.4.